The second-order valence-electron chi connectivity index (χ2n) is 6.60. The number of para-hydroxylation sites is 1. The fourth-order valence-corrected chi connectivity index (χ4v) is 3.30. The van der Waals surface area contributed by atoms with Gasteiger partial charge in [0.2, 0.25) is 5.69 Å². The summed E-state index contributed by atoms with van der Waals surface area (Å²) in [6.07, 6.45) is 0. The largest absolute Gasteiger partial charge is 0.497 e. The van der Waals surface area contributed by atoms with Crippen LogP contribution in [0.1, 0.15) is 25.0 Å². The van der Waals surface area contributed by atoms with Gasteiger partial charge in [-0.3, -0.25) is 0 Å². The zero-order valence-corrected chi connectivity index (χ0v) is 14.8. The van der Waals surface area contributed by atoms with Gasteiger partial charge in [0, 0.05) is 11.6 Å². The van der Waals surface area contributed by atoms with Crippen molar-refractivity contribution in [1.82, 2.24) is 0 Å². The lowest BCUT2D eigenvalue weighted by atomic mass is 9.81. The SMILES string of the molecule is COc1ccc(CN=NCC2=[N+](C)c3ccccc3C2(C)C)cc1. The first kappa shape index (κ1) is 16.4. The van der Waals surface area contributed by atoms with E-state index < -0.39 is 0 Å². The summed E-state index contributed by atoms with van der Waals surface area (Å²) >= 11 is 0. The van der Waals surface area contributed by atoms with Gasteiger partial charge < -0.3 is 4.74 Å². The molecule has 1 aliphatic heterocycles. The van der Waals surface area contributed by atoms with Gasteiger partial charge in [0.05, 0.1) is 19.1 Å². The molecule has 2 aromatic rings. The Morgan fingerprint density at radius 2 is 1.62 bits per heavy atom. The van der Waals surface area contributed by atoms with Gasteiger partial charge >= 0.3 is 0 Å². The van der Waals surface area contributed by atoms with E-state index in [2.05, 4.69) is 60.0 Å². The Morgan fingerprint density at radius 3 is 2.29 bits per heavy atom. The minimum atomic E-state index is -0.00945. The fraction of sp³-hybridized carbons (Fsp3) is 0.350. The zero-order valence-electron chi connectivity index (χ0n) is 14.8. The van der Waals surface area contributed by atoms with E-state index in [9.17, 15) is 0 Å². The van der Waals surface area contributed by atoms with Gasteiger partial charge in [-0.25, -0.2) is 0 Å². The molecular weight excluding hydrogens is 298 g/mol. The average Bonchev–Trinajstić information content (AvgIpc) is 2.80. The molecule has 124 valence electrons. The van der Waals surface area contributed by atoms with Crippen LogP contribution < -0.4 is 4.74 Å². The van der Waals surface area contributed by atoms with Crippen molar-refractivity contribution in [3.63, 3.8) is 0 Å². The number of hydrogen-bond donors (Lipinski definition) is 0. The maximum absolute atomic E-state index is 5.16. The molecule has 24 heavy (non-hydrogen) atoms. The minimum Gasteiger partial charge on any atom is -0.497 e. The van der Waals surface area contributed by atoms with Crippen LogP contribution in [0.15, 0.2) is 58.8 Å². The molecular formula is C20H24N3O+. The molecule has 0 saturated heterocycles. The van der Waals surface area contributed by atoms with E-state index in [0.29, 0.717) is 13.1 Å². The first-order valence-corrected chi connectivity index (χ1v) is 8.20. The van der Waals surface area contributed by atoms with Crippen LogP contribution in [0.4, 0.5) is 5.69 Å². The van der Waals surface area contributed by atoms with E-state index >= 15 is 0 Å². The summed E-state index contributed by atoms with van der Waals surface area (Å²) in [5, 5.41) is 8.80. The molecule has 0 amide bonds. The highest BCUT2D eigenvalue weighted by molar-refractivity contribution is 5.96. The van der Waals surface area contributed by atoms with Crippen molar-refractivity contribution in [3.05, 3.63) is 59.7 Å². The topological polar surface area (TPSA) is 37.0 Å². The van der Waals surface area contributed by atoms with Gasteiger partial charge in [0.15, 0.2) is 5.71 Å². The van der Waals surface area contributed by atoms with Crippen molar-refractivity contribution in [3.8, 4) is 5.75 Å². The highest BCUT2D eigenvalue weighted by Crippen LogP contribution is 2.38. The summed E-state index contributed by atoms with van der Waals surface area (Å²) in [4.78, 5) is 0. The van der Waals surface area contributed by atoms with E-state index in [1.807, 2.05) is 24.3 Å². The molecule has 0 fully saturated rings. The normalized spacial score (nSPS) is 15.8. The van der Waals surface area contributed by atoms with Crippen molar-refractivity contribution in [2.75, 3.05) is 20.7 Å². The highest BCUT2D eigenvalue weighted by atomic mass is 16.5. The molecule has 4 nitrogen and oxygen atoms in total. The number of rotatable bonds is 5. The molecule has 3 rings (SSSR count). The number of azo groups is 1. The standard InChI is InChI=1S/C20H24N3O/c1-20(2)17-7-5-6-8-18(17)23(3)19(20)14-22-21-13-15-9-11-16(24-4)12-10-15/h5-12H,13-14H2,1-4H3/q+1. The van der Waals surface area contributed by atoms with Gasteiger partial charge in [-0.15, -0.1) is 0 Å². The van der Waals surface area contributed by atoms with Gasteiger partial charge in [-0.2, -0.15) is 14.8 Å². The molecule has 0 spiro atoms. The second-order valence-corrected chi connectivity index (χ2v) is 6.60. The van der Waals surface area contributed by atoms with Gasteiger partial charge in [0.25, 0.3) is 0 Å². The molecule has 0 bridgehead atoms. The Labute approximate surface area is 143 Å². The Bertz CT molecular complexity index is 789. The molecule has 0 unspecified atom stereocenters. The molecule has 0 radical (unpaired) electrons. The molecule has 2 aromatic carbocycles. The molecule has 1 aliphatic rings. The summed E-state index contributed by atoms with van der Waals surface area (Å²) in [6, 6.07) is 16.5. The van der Waals surface area contributed by atoms with Gasteiger partial charge in [-0.1, -0.05) is 30.3 Å². The van der Waals surface area contributed by atoms with Gasteiger partial charge in [-0.05, 0) is 31.5 Å². The average molecular weight is 322 g/mol. The molecule has 0 saturated carbocycles. The summed E-state index contributed by atoms with van der Waals surface area (Å²) in [5.74, 6) is 0.860. The molecule has 0 atom stereocenters. The second kappa shape index (κ2) is 6.56. The van der Waals surface area contributed by atoms with Crippen LogP contribution in [0.3, 0.4) is 0 Å². The molecule has 0 aromatic heterocycles. The lowest BCUT2D eigenvalue weighted by Gasteiger charge is -2.15. The predicted octanol–water partition coefficient (Wildman–Crippen LogP) is 4.35. The van der Waals surface area contributed by atoms with Crippen molar-refractivity contribution in [1.29, 1.82) is 0 Å². The van der Waals surface area contributed by atoms with E-state index in [0.717, 1.165) is 11.3 Å². The van der Waals surface area contributed by atoms with E-state index in [-0.39, 0.29) is 5.41 Å². The number of hydrogen-bond acceptors (Lipinski definition) is 3. The predicted molar refractivity (Wildman–Crippen MR) is 96.7 cm³/mol. The van der Waals surface area contributed by atoms with Crippen molar-refractivity contribution >= 4 is 11.4 Å². The third-order valence-corrected chi connectivity index (χ3v) is 4.80. The summed E-state index contributed by atoms with van der Waals surface area (Å²) < 4.78 is 7.42. The first-order valence-electron chi connectivity index (χ1n) is 8.20. The summed E-state index contributed by atoms with van der Waals surface area (Å²) in [6.45, 7) is 5.72. The maximum atomic E-state index is 5.16. The number of benzene rings is 2. The Kier molecular flexibility index (Phi) is 4.47. The fourth-order valence-electron chi connectivity index (χ4n) is 3.30. The van der Waals surface area contributed by atoms with Crippen LogP contribution in [-0.2, 0) is 12.0 Å². The molecule has 4 heteroatoms. The molecule has 0 aliphatic carbocycles. The van der Waals surface area contributed by atoms with Crippen LogP contribution in [0.5, 0.6) is 5.75 Å². The third kappa shape index (κ3) is 2.96. The summed E-state index contributed by atoms with van der Waals surface area (Å²) in [7, 11) is 3.78. The summed E-state index contributed by atoms with van der Waals surface area (Å²) in [5.41, 5.74) is 5.02. The molecule has 1 heterocycles. The lowest BCUT2D eigenvalue weighted by molar-refractivity contribution is -0.403. The Hall–Kier alpha value is -2.49. The first-order chi connectivity index (χ1) is 11.5. The number of methoxy groups -OCH3 is 1. The van der Waals surface area contributed by atoms with Crippen LogP contribution >= 0.6 is 0 Å². The van der Waals surface area contributed by atoms with Crippen molar-refractivity contribution in [2.24, 2.45) is 10.2 Å². The van der Waals surface area contributed by atoms with Crippen molar-refractivity contribution < 1.29 is 9.31 Å². The number of fused-ring (bicyclic) bond motifs is 1. The Morgan fingerprint density at radius 1 is 0.958 bits per heavy atom. The van der Waals surface area contributed by atoms with E-state index in [1.54, 1.807) is 7.11 Å². The van der Waals surface area contributed by atoms with E-state index in [1.165, 1.54) is 17.0 Å². The monoisotopic (exact) mass is 322 g/mol. The number of ether oxygens (including phenoxy) is 1. The maximum Gasteiger partial charge on any atom is 0.209 e. The van der Waals surface area contributed by atoms with Crippen LogP contribution in [-0.4, -0.2) is 31.0 Å². The highest BCUT2D eigenvalue weighted by Gasteiger charge is 2.43. The zero-order chi connectivity index (χ0) is 17.2. The molecule has 0 N–H and O–H groups in total. The Balaban J connectivity index is 1.69. The number of nitrogens with zero attached hydrogens (tertiary/aromatic N) is 3. The van der Waals surface area contributed by atoms with E-state index in [4.69, 9.17) is 4.74 Å². The van der Waals surface area contributed by atoms with Crippen LogP contribution in [0.2, 0.25) is 0 Å². The third-order valence-electron chi connectivity index (χ3n) is 4.80. The minimum absolute atomic E-state index is 0.00945. The van der Waals surface area contributed by atoms with Gasteiger partial charge in [0.1, 0.15) is 19.3 Å². The smallest absolute Gasteiger partial charge is 0.209 e. The quantitative estimate of drug-likeness (QED) is 0.595. The van der Waals surface area contributed by atoms with Crippen LogP contribution in [0.25, 0.3) is 0 Å². The van der Waals surface area contributed by atoms with Crippen molar-refractivity contribution in [2.45, 2.75) is 25.8 Å². The lowest BCUT2D eigenvalue weighted by Crippen LogP contribution is -2.30. The van der Waals surface area contributed by atoms with Crippen LogP contribution in [0, 0.1) is 0 Å².